The van der Waals surface area contributed by atoms with Gasteiger partial charge in [0.1, 0.15) is 5.82 Å². The lowest BCUT2D eigenvalue weighted by Crippen LogP contribution is -2.47. The Kier molecular flexibility index (Phi) is 3.72. The van der Waals surface area contributed by atoms with E-state index in [2.05, 4.69) is 37.6 Å². The van der Waals surface area contributed by atoms with Crippen LogP contribution in [0.15, 0.2) is 60.0 Å². The highest BCUT2D eigenvalue weighted by molar-refractivity contribution is 5.92. The maximum Gasteiger partial charge on any atom is 0.156 e. The van der Waals surface area contributed by atoms with Crippen molar-refractivity contribution in [3.8, 4) is 0 Å². The lowest BCUT2D eigenvalue weighted by molar-refractivity contribution is -0.116. The first-order valence-electron chi connectivity index (χ1n) is 10.3. The summed E-state index contributed by atoms with van der Waals surface area (Å²) in [5, 5.41) is 0. The van der Waals surface area contributed by atoms with Crippen LogP contribution in [0.2, 0.25) is 0 Å². The van der Waals surface area contributed by atoms with E-state index in [1.165, 1.54) is 22.9 Å². The predicted octanol–water partition coefficient (Wildman–Crippen LogP) is 5.83. The highest BCUT2D eigenvalue weighted by Gasteiger charge is 2.55. The van der Waals surface area contributed by atoms with Gasteiger partial charge < -0.3 is 0 Å². The van der Waals surface area contributed by atoms with Gasteiger partial charge >= 0.3 is 0 Å². The van der Waals surface area contributed by atoms with Gasteiger partial charge in [-0.1, -0.05) is 43.7 Å². The Balaban J connectivity index is 1.53. The van der Waals surface area contributed by atoms with E-state index in [-0.39, 0.29) is 22.4 Å². The summed E-state index contributed by atoms with van der Waals surface area (Å²) in [5.41, 5.74) is 5.83. The van der Waals surface area contributed by atoms with E-state index in [9.17, 15) is 9.18 Å². The number of aromatic nitrogens is 1. The summed E-state index contributed by atoms with van der Waals surface area (Å²) >= 11 is 0. The average Bonchev–Trinajstić information content (AvgIpc) is 3.01. The topological polar surface area (TPSA) is 30.0 Å². The molecular formula is C25H26FNO. The Hall–Kier alpha value is -2.29. The van der Waals surface area contributed by atoms with Gasteiger partial charge in [-0.2, -0.15) is 0 Å². The Labute approximate surface area is 165 Å². The van der Waals surface area contributed by atoms with Crippen LogP contribution < -0.4 is 0 Å². The Bertz CT molecular complexity index is 1000. The minimum absolute atomic E-state index is 0.0409. The second-order valence-corrected chi connectivity index (χ2v) is 9.43. The molecule has 2 nitrogen and oxygen atoms in total. The molecule has 4 aliphatic carbocycles. The first-order chi connectivity index (χ1) is 13.3. The van der Waals surface area contributed by atoms with Crippen LogP contribution >= 0.6 is 0 Å². The summed E-state index contributed by atoms with van der Waals surface area (Å²) in [6.07, 6.45) is 14.0. The number of allylic oxidation sites excluding steroid dienone is 7. The zero-order valence-corrected chi connectivity index (χ0v) is 16.6. The molecular weight excluding hydrogens is 349 g/mol. The van der Waals surface area contributed by atoms with Gasteiger partial charge in [-0.25, -0.2) is 4.39 Å². The van der Waals surface area contributed by atoms with Gasteiger partial charge in [-0.15, -0.1) is 0 Å². The van der Waals surface area contributed by atoms with Crippen molar-refractivity contribution in [1.82, 2.24) is 4.98 Å². The third-order valence-corrected chi connectivity index (χ3v) is 7.99. The number of pyridine rings is 1. The van der Waals surface area contributed by atoms with Gasteiger partial charge in [0.2, 0.25) is 0 Å². The van der Waals surface area contributed by atoms with Crippen molar-refractivity contribution >= 4 is 11.4 Å². The Morgan fingerprint density at radius 2 is 2.00 bits per heavy atom. The van der Waals surface area contributed by atoms with Gasteiger partial charge in [-0.3, -0.25) is 9.78 Å². The Morgan fingerprint density at radius 1 is 1.18 bits per heavy atom. The molecule has 0 bridgehead atoms. The zero-order chi connectivity index (χ0) is 19.7. The normalized spacial score (nSPS) is 36.8. The molecule has 5 rings (SSSR count). The number of hydrogen-bond donors (Lipinski definition) is 0. The summed E-state index contributed by atoms with van der Waals surface area (Å²) in [6, 6.07) is 1.60. The molecule has 1 aromatic rings. The molecule has 2 fully saturated rings. The van der Waals surface area contributed by atoms with Crippen molar-refractivity contribution in [3.05, 3.63) is 71.4 Å². The Morgan fingerprint density at radius 3 is 2.79 bits per heavy atom. The van der Waals surface area contributed by atoms with Gasteiger partial charge in [0, 0.05) is 18.0 Å². The van der Waals surface area contributed by atoms with Crippen LogP contribution in [0.25, 0.3) is 5.57 Å². The molecule has 0 amide bonds. The monoisotopic (exact) mass is 375 g/mol. The quantitative estimate of drug-likeness (QED) is 0.618. The molecule has 4 aliphatic rings. The minimum atomic E-state index is -0.288. The van der Waals surface area contributed by atoms with Gasteiger partial charge in [0.05, 0.1) is 6.20 Å². The number of carbonyl (C=O) groups is 1. The highest BCUT2D eigenvalue weighted by atomic mass is 19.1. The SMILES string of the molecule is C=C1CC2C3=CC=C(c4cncc(F)c4)C3(C)CCC2C2(C)CCC(=O)C=C12. The highest BCUT2D eigenvalue weighted by Crippen LogP contribution is 2.65. The average molecular weight is 375 g/mol. The molecule has 144 valence electrons. The van der Waals surface area contributed by atoms with Crippen LogP contribution in [0.1, 0.15) is 51.5 Å². The standard InChI is InChI=1S/C25H26FNO/c1-15-10-19-21-5-4-20(16-11-17(26)14-27-13-16)24(21,2)9-7-22(19)25(3)8-6-18(28)12-23(15)25/h4-5,11-14,19,22H,1,6-10H2,2-3H3. The first-order valence-corrected chi connectivity index (χ1v) is 10.3. The molecule has 0 aromatic carbocycles. The molecule has 2 saturated carbocycles. The number of carbonyl (C=O) groups excluding carboxylic acids is 1. The molecule has 0 saturated heterocycles. The molecule has 28 heavy (non-hydrogen) atoms. The van der Waals surface area contributed by atoms with Crippen molar-refractivity contribution < 1.29 is 9.18 Å². The lowest BCUT2D eigenvalue weighted by atomic mass is 9.47. The van der Waals surface area contributed by atoms with Gasteiger partial charge in [0.15, 0.2) is 5.78 Å². The largest absolute Gasteiger partial charge is 0.295 e. The van der Waals surface area contributed by atoms with Crippen LogP contribution in [-0.4, -0.2) is 10.8 Å². The molecule has 4 atom stereocenters. The maximum absolute atomic E-state index is 13.8. The molecule has 0 radical (unpaired) electrons. The van der Waals surface area contributed by atoms with E-state index in [1.807, 2.05) is 6.08 Å². The zero-order valence-electron chi connectivity index (χ0n) is 16.6. The number of ketones is 1. The maximum atomic E-state index is 13.8. The fourth-order valence-corrected chi connectivity index (χ4v) is 6.54. The number of hydrogen-bond acceptors (Lipinski definition) is 2. The van der Waals surface area contributed by atoms with E-state index in [0.29, 0.717) is 18.3 Å². The van der Waals surface area contributed by atoms with Crippen LogP contribution in [0, 0.1) is 28.5 Å². The fraction of sp³-hybridized carbons (Fsp3) is 0.440. The first kappa shape index (κ1) is 17.8. The third-order valence-electron chi connectivity index (χ3n) is 7.99. The molecule has 1 aromatic heterocycles. The molecule has 0 spiro atoms. The second kappa shape index (κ2) is 5.85. The van der Waals surface area contributed by atoms with Gasteiger partial charge in [0.25, 0.3) is 0 Å². The van der Waals surface area contributed by atoms with Crippen molar-refractivity contribution in [2.75, 3.05) is 0 Å². The fourth-order valence-electron chi connectivity index (χ4n) is 6.54. The summed E-state index contributed by atoms with van der Waals surface area (Å²) in [5.74, 6) is 0.937. The van der Waals surface area contributed by atoms with E-state index < -0.39 is 0 Å². The second-order valence-electron chi connectivity index (χ2n) is 9.43. The van der Waals surface area contributed by atoms with Crippen molar-refractivity contribution in [2.45, 2.75) is 46.0 Å². The minimum Gasteiger partial charge on any atom is -0.295 e. The van der Waals surface area contributed by atoms with E-state index in [1.54, 1.807) is 12.3 Å². The molecule has 4 unspecified atom stereocenters. The summed E-state index contributed by atoms with van der Waals surface area (Å²) in [7, 11) is 0. The molecule has 3 heteroatoms. The smallest absolute Gasteiger partial charge is 0.156 e. The van der Waals surface area contributed by atoms with Crippen molar-refractivity contribution in [1.29, 1.82) is 0 Å². The molecule has 1 heterocycles. The summed E-state index contributed by atoms with van der Waals surface area (Å²) in [4.78, 5) is 16.1. The number of nitrogens with zero attached hydrogens (tertiary/aromatic N) is 1. The number of fused-ring (bicyclic) bond motifs is 5. The third kappa shape index (κ3) is 2.31. The summed E-state index contributed by atoms with van der Waals surface area (Å²) < 4.78 is 13.8. The predicted molar refractivity (Wildman–Crippen MR) is 109 cm³/mol. The van der Waals surface area contributed by atoms with E-state index in [4.69, 9.17) is 0 Å². The van der Waals surface area contributed by atoms with Crippen LogP contribution in [0.4, 0.5) is 4.39 Å². The van der Waals surface area contributed by atoms with Crippen LogP contribution in [0.3, 0.4) is 0 Å². The van der Waals surface area contributed by atoms with Crippen LogP contribution in [-0.2, 0) is 4.79 Å². The lowest BCUT2D eigenvalue weighted by Gasteiger charge is -2.56. The van der Waals surface area contributed by atoms with Crippen LogP contribution in [0.5, 0.6) is 0 Å². The van der Waals surface area contributed by atoms with Crippen molar-refractivity contribution in [2.24, 2.45) is 22.7 Å². The van der Waals surface area contributed by atoms with Gasteiger partial charge in [-0.05, 0) is 71.8 Å². The number of halogens is 1. The van der Waals surface area contributed by atoms with E-state index in [0.717, 1.165) is 36.8 Å². The number of rotatable bonds is 1. The molecule has 0 N–H and O–H groups in total. The summed E-state index contributed by atoms with van der Waals surface area (Å²) in [6.45, 7) is 9.02. The molecule has 0 aliphatic heterocycles. The van der Waals surface area contributed by atoms with Crippen molar-refractivity contribution in [3.63, 3.8) is 0 Å². The van der Waals surface area contributed by atoms with E-state index >= 15 is 0 Å².